The monoisotopic (exact) mass is 201 g/mol. The van der Waals surface area contributed by atoms with Crippen molar-refractivity contribution in [3.05, 3.63) is 6.92 Å². The van der Waals surface area contributed by atoms with Crippen LogP contribution in [0.25, 0.3) is 0 Å². The van der Waals surface area contributed by atoms with Crippen LogP contribution in [0, 0.1) is 6.92 Å². The summed E-state index contributed by atoms with van der Waals surface area (Å²) in [6.45, 7) is 6.05. The molecule has 3 nitrogen and oxygen atoms in total. The normalized spacial score (nSPS) is 12.7. The molecule has 0 spiro atoms. The molecule has 1 radical (unpaired) electrons. The number of rotatable bonds is 9. The maximum Gasteiger partial charge on any atom is 0.332 e. The van der Waals surface area contributed by atoms with E-state index in [1.807, 2.05) is 0 Å². The summed E-state index contributed by atoms with van der Waals surface area (Å²) < 4.78 is 5.00. The van der Waals surface area contributed by atoms with Crippen LogP contribution in [0.1, 0.15) is 45.4 Å². The third kappa shape index (κ3) is 8.05. The standard InChI is InChI=1S/C11H21O3/c1-3-4-5-6-7-8-9-14-10(2)11(12)13/h10H,2-9H2,1H3,(H,12,13). The van der Waals surface area contributed by atoms with E-state index in [0.717, 1.165) is 12.8 Å². The fourth-order valence-electron chi connectivity index (χ4n) is 1.18. The topological polar surface area (TPSA) is 46.5 Å². The Bertz CT molecular complexity index is 145. The van der Waals surface area contributed by atoms with Crippen LogP contribution >= 0.6 is 0 Å². The first-order valence-electron chi connectivity index (χ1n) is 5.36. The lowest BCUT2D eigenvalue weighted by Crippen LogP contribution is -2.20. The number of hydrogen-bond donors (Lipinski definition) is 1. The smallest absolute Gasteiger partial charge is 0.332 e. The highest BCUT2D eigenvalue weighted by molar-refractivity contribution is 5.72. The Kier molecular flexibility index (Phi) is 8.64. The average molecular weight is 201 g/mol. The summed E-state index contributed by atoms with van der Waals surface area (Å²) in [5, 5.41) is 8.47. The van der Waals surface area contributed by atoms with E-state index in [1.165, 1.54) is 25.7 Å². The van der Waals surface area contributed by atoms with Crippen LogP contribution in [0.15, 0.2) is 0 Å². The van der Waals surface area contributed by atoms with Gasteiger partial charge in [0.25, 0.3) is 0 Å². The molecule has 0 saturated carbocycles. The number of unbranched alkanes of at least 4 members (excludes halogenated alkanes) is 5. The number of ether oxygens (including phenoxy) is 1. The predicted octanol–water partition coefficient (Wildman–Crippen LogP) is 2.65. The first-order chi connectivity index (χ1) is 6.68. The van der Waals surface area contributed by atoms with Crippen molar-refractivity contribution in [2.75, 3.05) is 6.61 Å². The van der Waals surface area contributed by atoms with Crippen LogP contribution in [-0.4, -0.2) is 23.8 Å². The minimum Gasteiger partial charge on any atom is -0.479 e. The fourth-order valence-corrected chi connectivity index (χ4v) is 1.18. The van der Waals surface area contributed by atoms with Crippen molar-refractivity contribution < 1.29 is 14.6 Å². The first-order valence-corrected chi connectivity index (χ1v) is 5.36. The Balaban J connectivity index is 3.09. The van der Waals surface area contributed by atoms with Gasteiger partial charge < -0.3 is 9.84 Å². The lowest BCUT2D eigenvalue weighted by Gasteiger charge is -2.07. The molecule has 1 unspecified atom stereocenters. The molecule has 0 amide bonds. The number of hydrogen-bond acceptors (Lipinski definition) is 2. The number of aliphatic carboxylic acids is 1. The van der Waals surface area contributed by atoms with Crippen molar-refractivity contribution >= 4 is 5.97 Å². The third-order valence-electron chi connectivity index (χ3n) is 2.09. The first kappa shape index (κ1) is 13.4. The van der Waals surface area contributed by atoms with E-state index in [9.17, 15) is 4.79 Å². The van der Waals surface area contributed by atoms with E-state index in [-0.39, 0.29) is 0 Å². The molecule has 0 aromatic heterocycles. The molecule has 0 aliphatic rings. The van der Waals surface area contributed by atoms with Gasteiger partial charge in [0.15, 0.2) is 6.10 Å². The summed E-state index contributed by atoms with van der Waals surface area (Å²) >= 11 is 0. The van der Waals surface area contributed by atoms with Crippen LogP contribution in [0.2, 0.25) is 0 Å². The average Bonchev–Trinajstić information content (AvgIpc) is 2.16. The summed E-state index contributed by atoms with van der Waals surface area (Å²) in [6, 6.07) is 0. The van der Waals surface area contributed by atoms with Crippen molar-refractivity contribution in [2.45, 2.75) is 51.6 Å². The summed E-state index contributed by atoms with van der Waals surface area (Å²) in [4.78, 5) is 10.3. The predicted molar refractivity (Wildman–Crippen MR) is 56.1 cm³/mol. The lowest BCUT2D eigenvalue weighted by molar-refractivity contribution is -0.147. The SMILES string of the molecule is [CH2]C(OCCCCCCCC)C(=O)O. The van der Waals surface area contributed by atoms with E-state index < -0.39 is 12.1 Å². The second-order valence-corrected chi connectivity index (χ2v) is 3.47. The Labute approximate surface area is 86.5 Å². The van der Waals surface area contributed by atoms with Crippen molar-refractivity contribution in [2.24, 2.45) is 0 Å². The molecule has 1 atom stereocenters. The van der Waals surface area contributed by atoms with Gasteiger partial charge in [-0.05, 0) is 13.3 Å². The molecule has 0 bridgehead atoms. The molecule has 0 heterocycles. The maximum absolute atomic E-state index is 10.3. The zero-order chi connectivity index (χ0) is 10.8. The summed E-state index contributed by atoms with van der Waals surface area (Å²) in [5.41, 5.74) is 0. The highest BCUT2D eigenvalue weighted by atomic mass is 16.5. The number of carboxylic acid groups (broad SMARTS) is 1. The summed E-state index contributed by atoms with van der Waals surface area (Å²) in [6.07, 6.45) is 6.15. The minimum atomic E-state index is -0.990. The summed E-state index contributed by atoms with van der Waals surface area (Å²) in [7, 11) is 0. The van der Waals surface area contributed by atoms with Gasteiger partial charge >= 0.3 is 5.97 Å². The van der Waals surface area contributed by atoms with Gasteiger partial charge in [-0.2, -0.15) is 0 Å². The quantitative estimate of drug-likeness (QED) is 0.583. The van der Waals surface area contributed by atoms with Crippen LogP contribution in [0.5, 0.6) is 0 Å². The van der Waals surface area contributed by atoms with Crippen LogP contribution in [-0.2, 0) is 9.53 Å². The molecule has 0 aliphatic heterocycles. The molecule has 0 saturated heterocycles. The second-order valence-electron chi connectivity index (χ2n) is 3.47. The largest absolute Gasteiger partial charge is 0.479 e. The Morgan fingerprint density at radius 3 is 2.43 bits per heavy atom. The zero-order valence-electron chi connectivity index (χ0n) is 9.00. The summed E-state index contributed by atoms with van der Waals surface area (Å²) in [5.74, 6) is -0.990. The molecule has 0 aliphatic carbocycles. The van der Waals surface area contributed by atoms with Gasteiger partial charge in [0.05, 0.1) is 0 Å². The molecule has 1 N–H and O–H groups in total. The van der Waals surface area contributed by atoms with Gasteiger partial charge in [-0.1, -0.05) is 39.0 Å². The molecule has 0 rings (SSSR count). The Morgan fingerprint density at radius 2 is 1.86 bits per heavy atom. The fraction of sp³-hybridized carbons (Fsp3) is 0.818. The molecule has 0 aromatic carbocycles. The molecule has 3 heteroatoms. The maximum atomic E-state index is 10.3. The van der Waals surface area contributed by atoms with Crippen molar-refractivity contribution in [1.29, 1.82) is 0 Å². The second kappa shape index (κ2) is 9.00. The number of carbonyl (C=O) groups is 1. The van der Waals surface area contributed by atoms with E-state index in [4.69, 9.17) is 9.84 Å². The van der Waals surface area contributed by atoms with E-state index in [0.29, 0.717) is 6.61 Å². The Morgan fingerprint density at radius 1 is 1.29 bits per heavy atom. The molecular formula is C11H21O3. The van der Waals surface area contributed by atoms with E-state index in [2.05, 4.69) is 13.8 Å². The van der Waals surface area contributed by atoms with Gasteiger partial charge in [0.1, 0.15) is 0 Å². The minimum absolute atomic E-state index is 0.507. The molecular weight excluding hydrogens is 180 g/mol. The van der Waals surface area contributed by atoms with Crippen LogP contribution in [0.3, 0.4) is 0 Å². The Hall–Kier alpha value is -0.570. The van der Waals surface area contributed by atoms with E-state index >= 15 is 0 Å². The highest BCUT2D eigenvalue weighted by Gasteiger charge is 2.09. The van der Waals surface area contributed by atoms with Gasteiger partial charge in [0, 0.05) is 6.61 Å². The van der Waals surface area contributed by atoms with Crippen molar-refractivity contribution in [3.8, 4) is 0 Å². The van der Waals surface area contributed by atoms with Crippen LogP contribution in [0.4, 0.5) is 0 Å². The van der Waals surface area contributed by atoms with Crippen LogP contribution < -0.4 is 0 Å². The molecule has 0 fully saturated rings. The van der Waals surface area contributed by atoms with Gasteiger partial charge in [0.2, 0.25) is 0 Å². The van der Waals surface area contributed by atoms with Gasteiger partial charge in [-0.3, -0.25) is 0 Å². The zero-order valence-corrected chi connectivity index (χ0v) is 9.00. The van der Waals surface area contributed by atoms with Gasteiger partial charge in [-0.25, -0.2) is 4.79 Å². The molecule has 0 aromatic rings. The molecule has 83 valence electrons. The van der Waals surface area contributed by atoms with Gasteiger partial charge in [-0.15, -0.1) is 0 Å². The highest BCUT2D eigenvalue weighted by Crippen LogP contribution is 2.05. The molecule has 14 heavy (non-hydrogen) atoms. The lowest BCUT2D eigenvalue weighted by atomic mass is 10.1. The van der Waals surface area contributed by atoms with Crippen molar-refractivity contribution in [3.63, 3.8) is 0 Å². The van der Waals surface area contributed by atoms with Crippen molar-refractivity contribution in [1.82, 2.24) is 0 Å². The van der Waals surface area contributed by atoms with E-state index in [1.54, 1.807) is 0 Å². The number of carboxylic acids is 1. The third-order valence-corrected chi connectivity index (χ3v) is 2.09.